The van der Waals surface area contributed by atoms with E-state index in [9.17, 15) is 9.90 Å². The number of benzene rings is 2. The van der Waals surface area contributed by atoms with Crippen molar-refractivity contribution in [3.63, 3.8) is 0 Å². The molecule has 0 amide bonds. The molecule has 1 N–H and O–H groups in total. The van der Waals surface area contributed by atoms with Gasteiger partial charge in [-0.1, -0.05) is 29.8 Å². The highest BCUT2D eigenvalue weighted by molar-refractivity contribution is 7.17. The number of aromatic hydroxyl groups is 1. The molecule has 4 rings (SSSR count). The van der Waals surface area contributed by atoms with E-state index in [1.165, 1.54) is 4.70 Å². The first-order valence-electron chi connectivity index (χ1n) is 8.69. The van der Waals surface area contributed by atoms with Crippen molar-refractivity contribution in [3.8, 4) is 11.5 Å². The zero-order valence-electron chi connectivity index (χ0n) is 14.8. The highest BCUT2D eigenvalue weighted by atomic mass is 32.1. The van der Waals surface area contributed by atoms with Gasteiger partial charge in [-0.25, -0.2) is 0 Å². The van der Waals surface area contributed by atoms with Crippen LogP contribution < -0.4 is 4.74 Å². The number of ketones is 1. The van der Waals surface area contributed by atoms with Gasteiger partial charge in [-0.2, -0.15) is 0 Å². The average molecular weight is 364 g/mol. The molecule has 0 saturated heterocycles. The van der Waals surface area contributed by atoms with Crippen molar-refractivity contribution in [2.24, 2.45) is 0 Å². The van der Waals surface area contributed by atoms with Crippen LogP contribution >= 0.6 is 11.3 Å². The summed E-state index contributed by atoms with van der Waals surface area (Å²) in [6.45, 7) is 4.03. The zero-order chi connectivity index (χ0) is 18.3. The number of carbonyl (C=O) groups is 1. The van der Waals surface area contributed by atoms with Gasteiger partial charge >= 0.3 is 0 Å². The number of fused-ring (bicyclic) bond motifs is 2. The molecule has 1 aliphatic rings. The molecule has 1 atom stereocenters. The van der Waals surface area contributed by atoms with Crippen LogP contribution in [0.5, 0.6) is 11.5 Å². The standard InChI is InChI=1S/C22H20O3S/c1-13(2)7-8-15-18(23)10-9-16-19(24)11-20(25-22(15)16)17-12-26-21-6-4-3-5-14(17)21/h3-7,9-10,12,20,23H,8,11H2,1-2H3. The Balaban J connectivity index is 1.79. The summed E-state index contributed by atoms with van der Waals surface area (Å²) in [6, 6.07) is 11.4. The van der Waals surface area contributed by atoms with Crippen LogP contribution in [0.2, 0.25) is 0 Å². The van der Waals surface area contributed by atoms with E-state index in [1.54, 1.807) is 23.5 Å². The smallest absolute Gasteiger partial charge is 0.170 e. The molecule has 0 fully saturated rings. The Labute approximate surface area is 156 Å². The first kappa shape index (κ1) is 16.9. The van der Waals surface area contributed by atoms with Crippen molar-refractivity contribution >= 4 is 27.2 Å². The predicted octanol–water partition coefficient (Wildman–Crippen LogP) is 5.82. The van der Waals surface area contributed by atoms with Crippen LogP contribution in [0.1, 0.15) is 47.9 Å². The largest absolute Gasteiger partial charge is 0.508 e. The fourth-order valence-electron chi connectivity index (χ4n) is 3.36. The van der Waals surface area contributed by atoms with E-state index in [-0.39, 0.29) is 17.6 Å². The maximum absolute atomic E-state index is 12.8. The predicted molar refractivity (Wildman–Crippen MR) is 105 cm³/mol. The number of rotatable bonds is 3. The van der Waals surface area contributed by atoms with Gasteiger partial charge in [0.15, 0.2) is 5.78 Å². The van der Waals surface area contributed by atoms with E-state index in [2.05, 4.69) is 17.5 Å². The minimum Gasteiger partial charge on any atom is -0.508 e. The van der Waals surface area contributed by atoms with Gasteiger partial charge in [-0.05, 0) is 49.2 Å². The number of carbonyl (C=O) groups excluding carboxylic acids is 1. The molecule has 0 aliphatic carbocycles. The third-order valence-corrected chi connectivity index (χ3v) is 5.72. The summed E-state index contributed by atoms with van der Waals surface area (Å²) < 4.78 is 7.48. The monoisotopic (exact) mass is 364 g/mol. The summed E-state index contributed by atoms with van der Waals surface area (Å²) in [4.78, 5) is 12.8. The molecule has 0 radical (unpaired) electrons. The van der Waals surface area contributed by atoms with E-state index >= 15 is 0 Å². The number of Topliss-reactive ketones (excluding diaryl/α,β-unsaturated/α-hetero) is 1. The van der Waals surface area contributed by atoms with Crippen LogP contribution in [0, 0.1) is 0 Å². The molecular formula is C22H20O3S. The minimum absolute atomic E-state index is 0.0602. The Bertz CT molecular complexity index is 1030. The van der Waals surface area contributed by atoms with Crippen LogP contribution in [0.4, 0.5) is 0 Å². The summed E-state index contributed by atoms with van der Waals surface area (Å²) in [5.41, 5.74) is 3.45. The SMILES string of the molecule is CC(C)=CCc1c(O)ccc2c1OC(c1csc3ccccc13)CC2=O. The maximum atomic E-state index is 12.8. The van der Waals surface area contributed by atoms with Gasteiger partial charge in [0.25, 0.3) is 0 Å². The van der Waals surface area contributed by atoms with Gasteiger partial charge < -0.3 is 9.84 Å². The summed E-state index contributed by atoms with van der Waals surface area (Å²) in [5.74, 6) is 0.758. The summed E-state index contributed by atoms with van der Waals surface area (Å²) in [5, 5.41) is 13.5. The first-order valence-corrected chi connectivity index (χ1v) is 9.56. The lowest BCUT2D eigenvalue weighted by Crippen LogP contribution is -2.21. The van der Waals surface area contributed by atoms with Gasteiger partial charge in [0.1, 0.15) is 17.6 Å². The Kier molecular flexibility index (Phi) is 4.29. The van der Waals surface area contributed by atoms with E-state index in [1.807, 2.05) is 32.1 Å². The van der Waals surface area contributed by atoms with Gasteiger partial charge in [0.05, 0.1) is 12.0 Å². The number of ether oxygens (including phenoxy) is 1. The van der Waals surface area contributed by atoms with Crippen molar-refractivity contribution in [2.75, 3.05) is 0 Å². The lowest BCUT2D eigenvalue weighted by molar-refractivity contribution is 0.0849. The number of phenolic OH excluding ortho intramolecular Hbond substituents is 1. The van der Waals surface area contributed by atoms with Crippen molar-refractivity contribution < 1.29 is 14.6 Å². The summed E-state index contributed by atoms with van der Waals surface area (Å²) in [7, 11) is 0. The quantitative estimate of drug-likeness (QED) is 0.596. The van der Waals surface area contributed by atoms with Crippen LogP contribution in [0.3, 0.4) is 0 Å². The van der Waals surface area contributed by atoms with E-state index in [0.717, 1.165) is 16.5 Å². The highest BCUT2D eigenvalue weighted by Gasteiger charge is 2.31. The Morgan fingerprint density at radius 1 is 1.27 bits per heavy atom. The molecular weight excluding hydrogens is 344 g/mol. The van der Waals surface area contributed by atoms with Crippen molar-refractivity contribution in [1.29, 1.82) is 0 Å². The molecule has 26 heavy (non-hydrogen) atoms. The molecule has 3 nitrogen and oxygen atoms in total. The molecule has 0 saturated carbocycles. The topological polar surface area (TPSA) is 46.5 Å². The molecule has 1 unspecified atom stereocenters. The number of allylic oxidation sites excluding steroid dienone is 2. The van der Waals surface area contributed by atoms with Gasteiger partial charge in [-0.15, -0.1) is 11.3 Å². The van der Waals surface area contributed by atoms with E-state index in [0.29, 0.717) is 29.7 Å². The molecule has 2 aromatic carbocycles. The second-order valence-corrected chi connectivity index (χ2v) is 7.76. The molecule has 132 valence electrons. The number of thiophene rings is 1. The lowest BCUT2D eigenvalue weighted by Gasteiger charge is -2.27. The van der Waals surface area contributed by atoms with Gasteiger partial charge in [0.2, 0.25) is 0 Å². The molecule has 4 heteroatoms. The third kappa shape index (κ3) is 2.90. The molecule has 1 aromatic heterocycles. The number of hydrogen-bond acceptors (Lipinski definition) is 4. The fraction of sp³-hybridized carbons (Fsp3) is 0.227. The van der Waals surface area contributed by atoms with Crippen LogP contribution in [-0.4, -0.2) is 10.9 Å². The molecule has 2 heterocycles. The van der Waals surface area contributed by atoms with Crippen molar-refractivity contribution in [1.82, 2.24) is 0 Å². The second-order valence-electron chi connectivity index (χ2n) is 6.85. The maximum Gasteiger partial charge on any atom is 0.170 e. The first-order chi connectivity index (χ1) is 12.5. The minimum atomic E-state index is -0.321. The molecule has 0 bridgehead atoms. The molecule has 1 aliphatic heterocycles. The summed E-state index contributed by atoms with van der Waals surface area (Å²) >= 11 is 1.66. The fourth-order valence-corrected chi connectivity index (χ4v) is 4.36. The highest BCUT2D eigenvalue weighted by Crippen LogP contribution is 2.43. The van der Waals surface area contributed by atoms with E-state index < -0.39 is 0 Å². The van der Waals surface area contributed by atoms with Crippen LogP contribution in [0.15, 0.2) is 53.4 Å². The zero-order valence-corrected chi connectivity index (χ0v) is 15.6. The molecule has 3 aromatic rings. The average Bonchev–Trinajstić information content (AvgIpc) is 3.04. The Morgan fingerprint density at radius 3 is 2.88 bits per heavy atom. The summed E-state index contributed by atoms with van der Waals surface area (Å²) in [6.07, 6.45) is 2.58. The normalized spacial score (nSPS) is 16.2. The number of hydrogen-bond donors (Lipinski definition) is 1. The lowest BCUT2D eigenvalue weighted by atomic mass is 9.93. The van der Waals surface area contributed by atoms with E-state index in [4.69, 9.17) is 4.74 Å². The van der Waals surface area contributed by atoms with Gasteiger partial charge in [0, 0.05) is 15.8 Å². The third-order valence-electron chi connectivity index (χ3n) is 4.74. The van der Waals surface area contributed by atoms with Crippen LogP contribution in [0.25, 0.3) is 10.1 Å². The Hall–Kier alpha value is -2.59. The van der Waals surface area contributed by atoms with Crippen LogP contribution in [-0.2, 0) is 6.42 Å². The van der Waals surface area contributed by atoms with Gasteiger partial charge in [-0.3, -0.25) is 4.79 Å². The Morgan fingerprint density at radius 2 is 2.08 bits per heavy atom. The second kappa shape index (κ2) is 6.61. The van der Waals surface area contributed by atoms with Crippen molar-refractivity contribution in [3.05, 3.63) is 70.1 Å². The molecule has 0 spiro atoms. The number of phenols is 1. The van der Waals surface area contributed by atoms with Crippen molar-refractivity contribution in [2.45, 2.75) is 32.8 Å².